The number of benzene rings is 1. The highest BCUT2D eigenvalue weighted by Crippen LogP contribution is 2.30. The molecule has 2 aliphatic rings. The number of halogens is 1. The van der Waals surface area contributed by atoms with E-state index in [1.54, 1.807) is 25.4 Å². The van der Waals surface area contributed by atoms with Gasteiger partial charge in [0, 0.05) is 43.3 Å². The van der Waals surface area contributed by atoms with E-state index < -0.39 is 0 Å². The third-order valence-corrected chi connectivity index (χ3v) is 7.74. The monoisotopic (exact) mass is 558 g/mol. The van der Waals surface area contributed by atoms with Gasteiger partial charge in [0.25, 0.3) is 5.91 Å². The van der Waals surface area contributed by atoms with Gasteiger partial charge in [0.1, 0.15) is 10.8 Å². The molecule has 0 unspecified atom stereocenters. The van der Waals surface area contributed by atoms with Crippen LogP contribution in [0, 0.1) is 12.8 Å². The Balaban J connectivity index is 1.11. The van der Waals surface area contributed by atoms with Crippen molar-refractivity contribution in [2.45, 2.75) is 39.0 Å². The van der Waals surface area contributed by atoms with Gasteiger partial charge in [0.15, 0.2) is 11.5 Å². The van der Waals surface area contributed by atoms with Crippen molar-refractivity contribution >= 4 is 46.3 Å². The molecule has 3 aromatic heterocycles. The Morgan fingerprint density at radius 3 is 2.80 bits per heavy atom. The SMILES string of the molecule is Cc1cc(C(=O)N2CCC(CCNc3ccc4cc3CCc3cncc(c3)Nc3ncc(Cl)c(n3)N4)CC2)no1. The molecule has 1 saturated heterocycles. The fourth-order valence-corrected chi connectivity index (χ4v) is 5.41. The first kappa shape index (κ1) is 26.1. The summed E-state index contributed by atoms with van der Waals surface area (Å²) in [6, 6.07) is 10.1. The number of hydrogen-bond acceptors (Lipinski definition) is 9. The van der Waals surface area contributed by atoms with Crippen molar-refractivity contribution in [3.8, 4) is 0 Å². The van der Waals surface area contributed by atoms with Gasteiger partial charge >= 0.3 is 0 Å². The highest BCUT2D eigenvalue weighted by atomic mass is 35.5. The number of aryl methyl sites for hydroxylation is 3. The predicted octanol–water partition coefficient (Wildman–Crippen LogP) is 5.76. The van der Waals surface area contributed by atoms with Crippen LogP contribution in [0.4, 0.5) is 28.8 Å². The lowest BCUT2D eigenvalue weighted by molar-refractivity contribution is 0.0678. The van der Waals surface area contributed by atoms with Crippen molar-refractivity contribution in [3.05, 3.63) is 76.5 Å². The lowest BCUT2D eigenvalue weighted by atomic mass is 9.93. The van der Waals surface area contributed by atoms with Crippen molar-refractivity contribution in [2.75, 3.05) is 35.6 Å². The van der Waals surface area contributed by atoms with E-state index in [-0.39, 0.29) is 5.91 Å². The van der Waals surface area contributed by atoms with Crippen LogP contribution in [0.2, 0.25) is 5.02 Å². The average Bonchev–Trinajstić information content (AvgIpc) is 3.40. The van der Waals surface area contributed by atoms with E-state index in [4.69, 9.17) is 16.1 Å². The van der Waals surface area contributed by atoms with Gasteiger partial charge in [-0.05, 0) is 80.3 Å². The van der Waals surface area contributed by atoms with Gasteiger partial charge < -0.3 is 25.4 Å². The van der Waals surface area contributed by atoms with E-state index in [2.05, 4.69) is 54.3 Å². The van der Waals surface area contributed by atoms with Crippen LogP contribution in [0.3, 0.4) is 0 Å². The first-order chi connectivity index (χ1) is 19.5. The van der Waals surface area contributed by atoms with Gasteiger partial charge in [0.05, 0.1) is 18.1 Å². The van der Waals surface area contributed by atoms with Crippen molar-refractivity contribution in [1.29, 1.82) is 0 Å². The molecule has 206 valence electrons. The Morgan fingerprint density at radius 1 is 1.10 bits per heavy atom. The topological polar surface area (TPSA) is 121 Å². The maximum Gasteiger partial charge on any atom is 0.276 e. The molecule has 0 atom stereocenters. The molecule has 2 aliphatic heterocycles. The van der Waals surface area contributed by atoms with Crippen LogP contribution in [-0.2, 0) is 12.8 Å². The van der Waals surface area contributed by atoms with Gasteiger partial charge in [-0.25, -0.2) is 4.98 Å². The summed E-state index contributed by atoms with van der Waals surface area (Å²) >= 11 is 6.40. The summed E-state index contributed by atoms with van der Waals surface area (Å²) in [4.78, 5) is 27.8. The molecule has 3 N–H and O–H groups in total. The van der Waals surface area contributed by atoms with E-state index in [0.717, 1.165) is 74.4 Å². The number of hydrogen-bond donors (Lipinski definition) is 3. The molecule has 6 bridgehead atoms. The van der Waals surface area contributed by atoms with Crippen LogP contribution in [0.1, 0.15) is 46.6 Å². The van der Waals surface area contributed by atoms with Gasteiger partial charge in [-0.1, -0.05) is 16.8 Å². The van der Waals surface area contributed by atoms with Gasteiger partial charge in [0.2, 0.25) is 5.95 Å². The quantitative estimate of drug-likeness (QED) is 0.280. The third-order valence-electron chi connectivity index (χ3n) is 7.46. The lowest BCUT2D eigenvalue weighted by Gasteiger charge is -2.31. The fraction of sp³-hybridized carbons (Fsp3) is 0.345. The summed E-state index contributed by atoms with van der Waals surface area (Å²) < 4.78 is 5.07. The molecular formula is C29H31ClN8O2. The number of rotatable bonds is 5. The first-order valence-electron chi connectivity index (χ1n) is 13.6. The van der Waals surface area contributed by atoms with Crippen LogP contribution in [0.25, 0.3) is 0 Å². The van der Waals surface area contributed by atoms with E-state index >= 15 is 0 Å². The van der Waals surface area contributed by atoms with Crippen LogP contribution in [0.5, 0.6) is 0 Å². The van der Waals surface area contributed by atoms with Crippen LogP contribution >= 0.6 is 11.6 Å². The number of carbonyl (C=O) groups is 1. The highest BCUT2D eigenvalue weighted by Gasteiger charge is 2.25. The Bertz CT molecular complexity index is 1520. The molecule has 1 amide bonds. The van der Waals surface area contributed by atoms with Gasteiger partial charge in [-0.3, -0.25) is 9.78 Å². The summed E-state index contributed by atoms with van der Waals surface area (Å²) in [6.07, 6.45) is 9.95. The molecule has 0 saturated carbocycles. The summed E-state index contributed by atoms with van der Waals surface area (Å²) in [7, 11) is 0. The maximum absolute atomic E-state index is 12.7. The minimum absolute atomic E-state index is 0.0434. The Morgan fingerprint density at radius 2 is 1.98 bits per heavy atom. The zero-order valence-corrected chi connectivity index (χ0v) is 23.0. The zero-order valence-electron chi connectivity index (χ0n) is 22.3. The Kier molecular flexibility index (Phi) is 7.50. The summed E-state index contributed by atoms with van der Waals surface area (Å²) in [5.41, 5.74) is 5.59. The van der Waals surface area contributed by atoms with Gasteiger partial charge in [-0.15, -0.1) is 0 Å². The van der Waals surface area contributed by atoms with Crippen molar-refractivity contribution < 1.29 is 9.32 Å². The number of amides is 1. The fourth-order valence-electron chi connectivity index (χ4n) is 5.27. The molecule has 0 aliphatic carbocycles. The summed E-state index contributed by atoms with van der Waals surface area (Å²) in [5.74, 6) is 2.17. The number of pyridine rings is 1. The second-order valence-corrected chi connectivity index (χ2v) is 10.8. The zero-order chi connectivity index (χ0) is 27.5. The van der Waals surface area contributed by atoms with Crippen molar-refractivity contribution in [1.82, 2.24) is 25.0 Å². The molecular weight excluding hydrogens is 528 g/mol. The Hall–Kier alpha value is -4.18. The number of nitrogens with one attached hydrogen (secondary N) is 3. The summed E-state index contributed by atoms with van der Waals surface area (Å²) in [6.45, 7) is 4.15. The second kappa shape index (κ2) is 11.5. The van der Waals surface area contributed by atoms with Gasteiger partial charge in [-0.2, -0.15) is 4.98 Å². The van der Waals surface area contributed by atoms with Crippen LogP contribution in [-0.4, -0.2) is 50.5 Å². The van der Waals surface area contributed by atoms with E-state index in [1.165, 1.54) is 5.56 Å². The number of anilines is 5. The number of piperidine rings is 1. The number of carbonyl (C=O) groups excluding carboxylic acids is 1. The highest BCUT2D eigenvalue weighted by molar-refractivity contribution is 6.32. The first-order valence-corrected chi connectivity index (χ1v) is 14.0. The molecule has 0 radical (unpaired) electrons. The number of aromatic nitrogens is 4. The normalized spacial score (nSPS) is 15.2. The molecule has 11 heteroatoms. The number of fused-ring (bicyclic) bond motifs is 6. The molecule has 10 nitrogen and oxygen atoms in total. The maximum atomic E-state index is 12.7. The van der Waals surface area contributed by atoms with Crippen molar-refractivity contribution in [3.63, 3.8) is 0 Å². The van der Waals surface area contributed by atoms with E-state index in [9.17, 15) is 4.79 Å². The molecule has 1 fully saturated rings. The van der Waals surface area contributed by atoms with E-state index in [1.807, 2.05) is 17.2 Å². The minimum Gasteiger partial charge on any atom is -0.385 e. The Labute approximate surface area is 237 Å². The molecule has 6 rings (SSSR count). The third kappa shape index (κ3) is 6.02. The van der Waals surface area contributed by atoms with Crippen LogP contribution in [0.15, 0.2) is 53.4 Å². The lowest BCUT2D eigenvalue weighted by Crippen LogP contribution is -2.39. The van der Waals surface area contributed by atoms with Crippen LogP contribution < -0.4 is 16.0 Å². The van der Waals surface area contributed by atoms with E-state index in [0.29, 0.717) is 34.2 Å². The molecule has 5 heterocycles. The standard InChI is InChI=1S/C29H31ClN8O2/c1-18-12-26(37-40-18)28(39)38-10-7-19(8-11-38)6-9-32-25-5-4-22-14-21(25)3-2-20-13-23(16-31-15-20)35-29-33-17-24(30)27(34-22)36-29/h4-5,12-17,19,32H,2-3,6-11H2,1H3,(H2,33,34,35,36). The number of likely N-dealkylation sites (tertiary alicyclic amines) is 1. The largest absolute Gasteiger partial charge is 0.385 e. The van der Waals surface area contributed by atoms with Crippen molar-refractivity contribution in [2.24, 2.45) is 5.92 Å². The molecule has 1 aromatic carbocycles. The molecule has 4 aromatic rings. The minimum atomic E-state index is -0.0434. The average molecular weight is 559 g/mol. The second-order valence-electron chi connectivity index (χ2n) is 10.4. The predicted molar refractivity (Wildman–Crippen MR) is 155 cm³/mol. The smallest absolute Gasteiger partial charge is 0.276 e. The summed E-state index contributed by atoms with van der Waals surface area (Å²) in [5, 5.41) is 14.6. The number of nitrogens with zero attached hydrogens (tertiary/aromatic N) is 5. The molecule has 40 heavy (non-hydrogen) atoms. The molecule has 0 spiro atoms.